The lowest BCUT2D eigenvalue weighted by molar-refractivity contribution is -0.136. The van der Waals surface area contributed by atoms with E-state index in [1.54, 1.807) is 37.3 Å². The first kappa shape index (κ1) is 21.4. The summed E-state index contributed by atoms with van der Waals surface area (Å²) < 4.78 is 10.2. The predicted octanol–water partition coefficient (Wildman–Crippen LogP) is 2.52. The number of hydrazone groups is 1. The maximum Gasteiger partial charge on any atom is 0.338 e. The molecule has 29 heavy (non-hydrogen) atoms. The van der Waals surface area contributed by atoms with E-state index in [1.165, 1.54) is 30.5 Å². The number of carbonyl (C=O) groups excluding carboxylic acids is 3. The molecule has 0 aliphatic carbocycles. The number of nitrogens with zero attached hydrogens (tertiary/aromatic N) is 1. The Balaban J connectivity index is 1.84. The van der Waals surface area contributed by atoms with Crippen LogP contribution in [0.2, 0.25) is 0 Å². The zero-order valence-electron chi connectivity index (χ0n) is 15.9. The highest BCUT2D eigenvalue weighted by atomic mass is 16.5. The molecule has 2 amide bonds. The second kappa shape index (κ2) is 11.0. The van der Waals surface area contributed by atoms with Gasteiger partial charge in [0.2, 0.25) is 0 Å². The van der Waals surface area contributed by atoms with Crippen molar-refractivity contribution >= 4 is 29.7 Å². The third kappa shape index (κ3) is 6.94. The summed E-state index contributed by atoms with van der Waals surface area (Å²) in [5.41, 5.74) is 3.57. The highest BCUT2D eigenvalue weighted by Crippen LogP contribution is 2.11. The van der Waals surface area contributed by atoms with Crippen molar-refractivity contribution in [3.63, 3.8) is 0 Å². The van der Waals surface area contributed by atoms with Gasteiger partial charge in [-0.2, -0.15) is 5.10 Å². The number of benzene rings is 2. The Labute approximate surface area is 168 Å². The van der Waals surface area contributed by atoms with Gasteiger partial charge in [-0.3, -0.25) is 9.59 Å². The van der Waals surface area contributed by atoms with Crippen LogP contribution in [0.3, 0.4) is 0 Å². The molecule has 0 fully saturated rings. The van der Waals surface area contributed by atoms with Gasteiger partial charge in [0.25, 0.3) is 0 Å². The first-order valence-corrected chi connectivity index (χ1v) is 8.78. The van der Waals surface area contributed by atoms with E-state index in [9.17, 15) is 14.4 Å². The number of carbonyl (C=O) groups is 3. The molecule has 0 aromatic heterocycles. The van der Waals surface area contributed by atoms with Gasteiger partial charge in [0.05, 0.1) is 18.4 Å². The normalized spacial score (nSPS) is 10.2. The van der Waals surface area contributed by atoms with Crippen LogP contribution in [0.1, 0.15) is 22.8 Å². The molecule has 0 atom stereocenters. The van der Waals surface area contributed by atoms with Crippen molar-refractivity contribution in [3.05, 3.63) is 72.3 Å². The summed E-state index contributed by atoms with van der Waals surface area (Å²) in [6.45, 7) is 5.96. The third-order valence-corrected chi connectivity index (χ3v) is 3.49. The number of hydrogen-bond donors (Lipinski definition) is 2. The van der Waals surface area contributed by atoms with Crippen LogP contribution < -0.4 is 15.5 Å². The van der Waals surface area contributed by atoms with Crippen molar-refractivity contribution in [3.8, 4) is 5.75 Å². The van der Waals surface area contributed by atoms with Crippen LogP contribution in [0.4, 0.5) is 5.69 Å². The Morgan fingerprint density at radius 3 is 2.34 bits per heavy atom. The maximum absolute atomic E-state index is 11.9. The van der Waals surface area contributed by atoms with E-state index in [0.29, 0.717) is 29.2 Å². The van der Waals surface area contributed by atoms with E-state index in [4.69, 9.17) is 9.47 Å². The van der Waals surface area contributed by atoms with Gasteiger partial charge in [0, 0.05) is 5.69 Å². The second-order valence-electron chi connectivity index (χ2n) is 5.62. The van der Waals surface area contributed by atoms with E-state index < -0.39 is 17.8 Å². The Kier molecular flexibility index (Phi) is 8.12. The number of rotatable bonds is 8. The lowest BCUT2D eigenvalue weighted by Gasteiger charge is -2.05. The Morgan fingerprint density at radius 2 is 1.72 bits per heavy atom. The molecule has 0 radical (unpaired) electrons. The molecule has 8 heteroatoms. The fourth-order valence-corrected chi connectivity index (χ4v) is 2.11. The molecule has 0 heterocycles. The zero-order valence-corrected chi connectivity index (χ0v) is 15.9. The molecule has 2 aromatic rings. The lowest BCUT2D eigenvalue weighted by Crippen LogP contribution is -2.32. The first-order chi connectivity index (χ1) is 14.0. The van der Waals surface area contributed by atoms with Crippen molar-refractivity contribution in [2.45, 2.75) is 6.92 Å². The molecule has 0 spiro atoms. The molecule has 2 aromatic carbocycles. The van der Waals surface area contributed by atoms with Crippen molar-refractivity contribution < 1.29 is 23.9 Å². The van der Waals surface area contributed by atoms with Gasteiger partial charge in [0.1, 0.15) is 12.4 Å². The van der Waals surface area contributed by atoms with Crippen LogP contribution in [0, 0.1) is 0 Å². The van der Waals surface area contributed by atoms with Gasteiger partial charge in [-0.1, -0.05) is 12.7 Å². The largest absolute Gasteiger partial charge is 0.490 e. The number of ether oxygens (including phenoxy) is 2. The van der Waals surface area contributed by atoms with Crippen molar-refractivity contribution in [1.82, 2.24) is 5.43 Å². The molecule has 0 unspecified atom stereocenters. The Morgan fingerprint density at radius 1 is 1.03 bits per heavy atom. The van der Waals surface area contributed by atoms with Crippen molar-refractivity contribution in [2.24, 2.45) is 5.10 Å². The van der Waals surface area contributed by atoms with Crippen LogP contribution in [0.25, 0.3) is 0 Å². The van der Waals surface area contributed by atoms with Gasteiger partial charge in [-0.05, 0) is 61.0 Å². The summed E-state index contributed by atoms with van der Waals surface area (Å²) >= 11 is 0. The molecule has 0 bridgehead atoms. The second-order valence-corrected chi connectivity index (χ2v) is 5.62. The Bertz CT molecular complexity index is 890. The average Bonchev–Trinajstić information content (AvgIpc) is 2.73. The van der Waals surface area contributed by atoms with E-state index in [2.05, 4.69) is 22.4 Å². The summed E-state index contributed by atoms with van der Waals surface area (Å²) in [6.07, 6.45) is 3.04. The van der Waals surface area contributed by atoms with Crippen molar-refractivity contribution in [1.29, 1.82) is 0 Å². The summed E-state index contributed by atoms with van der Waals surface area (Å²) in [4.78, 5) is 35.3. The van der Waals surface area contributed by atoms with Gasteiger partial charge in [-0.25, -0.2) is 10.2 Å². The maximum atomic E-state index is 11.9. The number of anilines is 1. The van der Waals surface area contributed by atoms with Crippen LogP contribution in [0.5, 0.6) is 5.75 Å². The highest BCUT2D eigenvalue weighted by Gasteiger charge is 2.13. The molecular weight excluding hydrogens is 374 g/mol. The van der Waals surface area contributed by atoms with Gasteiger partial charge < -0.3 is 14.8 Å². The van der Waals surface area contributed by atoms with E-state index >= 15 is 0 Å². The average molecular weight is 395 g/mol. The fraction of sp³-hybridized carbons (Fsp3) is 0.143. The van der Waals surface area contributed by atoms with Gasteiger partial charge in [0.15, 0.2) is 0 Å². The van der Waals surface area contributed by atoms with E-state index in [1.807, 2.05) is 0 Å². The summed E-state index contributed by atoms with van der Waals surface area (Å²) in [7, 11) is 0. The number of amides is 2. The minimum Gasteiger partial charge on any atom is -0.490 e. The molecule has 2 rings (SSSR count). The monoisotopic (exact) mass is 395 g/mol. The number of esters is 1. The molecule has 150 valence electrons. The smallest absolute Gasteiger partial charge is 0.338 e. The first-order valence-electron chi connectivity index (χ1n) is 8.78. The molecular formula is C21H21N3O5. The quantitative estimate of drug-likeness (QED) is 0.235. The number of hydrogen-bond acceptors (Lipinski definition) is 6. The zero-order chi connectivity index (χ0) is 21.1. The number of nitrogens with one attached hydrogen (secondary N) is 2. The summed E-state index contributed by atoms with van der Waals surface area (Å²) in [6, 6.07) is 13.0. The molecule has 0 saturated heterocycles. The van der Waals surface area contributed by atoms with Crippen molar-refractivity contribution in [2.75, 3.05) is 18.5 Å². The van der Waals surface area contributed by atoms with Gasteiger partial charge >= 0.3 is 17.8 Å². The van der Waals surface area contributed by atoms with Gasteiger partial charge in [-0.15, -0.1) is 0 Å². The molecule has 8 nitrogen and oxygen atoms in total. The van der Waals surface area contributed by atoms with Crippen LogP contribution in [-0.2, 0) is 14.3 Å². The summed E-state index contributed by atoms with van der Waals surface area (Å²) in [5, 5.41) is 6.16. The lowest BCUT2D eigenvalue weighted by atomic mass is 10.2. The Hall–Kier alpha value is -3.94. The summed E-state index contributed by atoms with van der Waals surface area (Å²) in [5.74, 6) is -1.60. The van der Waals surface area contributed by atoms with Crippen LogP contribution >= 0.6 is 0 Å². The molecule has 0 aliphatic rings. The molecule has 2 N–H and O–H groups in total. The molecule has 0 saturated carbocycles. The van der Waals surface area contributed by atoms with E-state index in [0.717, 1.165) is 0 Å². The SMILES string of the molecule is C=CCOc1ccc(/C=N\NC(=O)C(=O)Nc2ccc(C(=O)OCC)cc2)cc1. The minimum atomic E-state index is -0.929. The fourth-order valence-electron chi connectivity index (χ4n) is 2.11. The topological polar surface area (TPSA) is 106 Å². The molecule has 0 aliphatic heterocycles. The van der Waals surface area contributed by atoms with Crippen LogP contribution in [0.15, 0.2) is 66.3 Å². The minimum absolute atomic E-state index is 0.269. The highest BCUT2D eigenvalue weighted by molar-refractivity contribution is 6.39. The standard InChI is InChI=1S/C21H21N3O5/c1-3-13-29-18-11-5-15(6-12-18)14-22-24-20(26)19(25)23-17-9-7-16(8-10-17)21(27)28-4-2/h3,5-12,14H,1,4,13H2,2H3,(H,23,25)(H,24,26)/b22-14-. The third-order valence-electron chi connectivity index (χ3n) is 3.49. The van der Waals surface area contributed by atoms with E-state index in [-0.39, 0.29) is 6.61 Å². The van der Waals surface area contributed by atoms with Crippen LogP contribution in [-0.4, -0.2) is 37.2 Å². The predicted molar refractivity (Wildman–Crippen MR) is 109 cm³/mol.